The van der Waals surface area contributed by atoms with Crippen LogP contribution in [0.15, 0.2) is 0 Å². The fourth-order valence-corrected chi connectivity index (χ4v) is 2.30. The normalized spacial score (nSPS) is 46.6. The van der Waals surface area contributed by atoms with Gasteiger partial charge in [0, 0.05) is 12.8 Å². The Bertz CT molecular complexity index is 173. The van der Waals surface area contributed by atoms with Crippen LogP contribution in [0, 0.1) is 5.92 Å². The number of ether oxygens (including phenoxy) is 2. The lowest BCUT2D eigenvalue weighted by Crippen LogP contribution is -2.48. The molecular weight excluding hydrogens is 168 g/mol. The average Bonchev–Trinajstić information content (AvgIpc) is 2.11. The van der Waals surface area contributed by atoms with Crippen LogP contribution in [0.5, 0.6) is 0 Å². The van der Waals surface area contributed by atoms with Gasteiger partial charge in [-0.25, -0.2) is 0 Å². The van der Waals surface area contributed by atoms with Crippen LogP contribution in [-0.4, -0.2) is 30.2 Å². The molecule has 2 fully saturated rings. The zero-order chi connectivity index (χ0) is 9.31. The van der Waals surface area contributed by atoms with Crippen molar-refractivity contribution in [2.24, 2.45) is 5.92 Å². The summed E-state index contributed by atoms with van der Waals surface area (Å²) in [6.07, 6.45) is 4.00. The van der Waals surface area contributed by atoms with Gasteiger partial charge in [0.25, 0.3) is 0 Å². The molecule has 1 aliphatic carbocycles. The molecule has 0 aromatic rings. The van der Waals surface area contributed by atoms with E-state index in [2.05, 4.69) is 6.92 Å². The van der Waals surface area contributed by atoms with Gasteiger partial charge in [0.05, 0.1) is 13.2 Å². The Kier molecular flexibility index (Phi) is 2.58. The molecule has 1 N–H and O–H groups in total. The van der Waals surface area contributed by atoms with Crippen LogP contribution in [0.3, 0.4) is 0 Å². The minimum Gasteiger partial charge on any atom is -0.388 e. The largest absolute Gasteiger partial charge is 0.388 e. The molecule has 1 saturated carbocycles. The molecule has 3 nitrogen and oxygen atoms in total. The van der Waals surface area contributed by atoms with E-state index in [1.807, 2.05) is 0 Å². The van der Waals surface area contributed by atoms with Crippen molar-refractivity contribution >= 4 is 0 Å². The first-order chi connectivity index (χ1) is 6.20. The molecule has 76 valence electrons. The molecule has 0 radical (unpaired) electrons. The Morgan fingerprint density at radius 3 is 2.62 bits per heavy atom. The smallest absolute Gasteiger partial charge is 0.168 e. The molecular formula is C10H18O3. The summed E-state index contributed by atoms with van der Waals surface area (Å²) in [5, 5.41) is 9.24. The van der Waals surface area contributed by atoms with E-state index in [1.165, 1.54) is 12.8 Å². The minimum absolute atomic E-state index is 0.350. The van der Waals surface area contributed by atoms with Gasteiger partial charge in [-0.3, -0.25) is 0 Å². The topological polar surface area (TPSA) is 38.7 Å². The van der Waals surface area contributed by atoms with E-state index in [-0.39, 0.29) is 5.79 Å². The number of hydrogen-bond donors (Lipinski definition) is 1. The van der Waals surface area contributed by atoms with Crippen LogP contribution < -0.4 is 0 Å². The molecule has 0 amide bonds. The van der Waals surface area contributed by atoms with Gasteiger partial charge in [0.2, 0.25) is 0 Å². The maximum Gasteiger partial charge on any atom is 0.168 e. The van der Waals surface area contributed by atoms with Crippen LogP contribution in [0.25, 0.3) is 0 Å². The first-order valence-electron chi connectivity index (χ1n) is 5.16. The molecule has 2 aliphatic rings. The summed E-state index contributed by atoms with van der Waals surface area (Å²) in [6.45, 7) is 3.11. The number of hydrogen-bond acceptors (Lipinski definition) is 3. The van der Waals surface area contributed by atoms with Gasteiger partial charge in [-0.15, -0.1) is 0 Å². The second kappa shape index (κ2) is 3.56. The van der Waals surface area contributed by atoms with Gasteiger partial charge in [-0.2, -0.15) is 0 Å². The van der Waals surface area contributed by atoms with Crippen LogP contribution in [0.2, 0.25) is 0 Å². The van der Waals surface area contributed by atoms with Crippen molar-refractivity contribution in [2.45, 2.75) is 44.5 Å². The molecule has 1 spiro atoms. The Labute approximate surface area is 79.0 Å². The average molecular weight is 186 g/mol. The van der Waals surface area contributed by atoms with Gasteiger partial charge in [-0.05, 0) is 12.3 Å². The third kappa shape index (κ3) is 2.03. The summed E-state index contributed by atoms with van der Waals surface area (Å²) < 4.78 is 11.2. The van der Waals surface area contributed by atoms with Crippen molar-refractivity contribution in [1.29, 1.82) is 0 Å². The number of aliphatic hydroxyl groups is 1. The quantitative estimate of drug-likeness (QED) is 0.619. The first kappa shape index (κ1) is 9.44. The molecule has 1 aliphatic heterocycles. The van der Waals surface area contributed by atoms with Gasteiger partial charge in [0.15, 0.2) is 5.79 Å². The highest BCUT2D eigenvalue weighted by molar-refractivity contribution is 4.82. The van der Waals surface area contributed by atoms with Gasteiger partial charge in [-0.1, -0.05) is 13.3 Å². The summed E-state index contributed by atoms with van der Waals surface area (Å²) in [5.41, 5.74) is 0. The van der Waals surface area contributed by atoms with Gasteiger partial charge < -0.3 is 14.6 Å². The van der Waals surface area contributed by atoms with Gasteiger partial charge in [0.1, 0.15) is 6.10 Å². The predicted molar refractivity (Wildman–Crippen MR) is 48.3 cm³/mol. The third-order valence-corrected chi connectivity index (χ3v) is 2.99. The van der Waals surface area contributed by atoms with Crippen LogP contribution >= 0.6 is 0 Å². The molecule has 1 saturated heterocycles. The summed E-state index contributed by atoms with van der Waals surface area (Å²) >= 11 is 0. The molecule has 3 heteroatoms. The van der Waals surface area contributed by atoms with E-state index in [9.17, 15) is 5.11 Å². The second-order valence-electron chi connectivity index (χ2n) is 4.39. The van der Waals surface area contributed by atoms with Crippen molar-refractivity contribution < 1.29 is 14.6 Å². The lowest BCUT2D eigenvalue weighted by atomic mass is 9.85. The highest BCUT2D eigenvalue weighted by Gasteiger charge is 2.40. The monoisotopic (exact) mass is 186 g/mol. The summed E-state index contributed by atoms with van der Waals surface area (Å²) in [7, 11) is 0. The zero-order valence-corrected chi connectivity index (χ0v) is 8.16. The fraction of sp³-hybridized carbons (Fsp3) is 1.00. The Hall–Kier alpha value is -0.120. The van der Waals surface area contributed by atoms with E-state index in [0.717, 1.165) is 12.8 Å². The maximum absolute atomic E-state index is 9.24. The van der Waals surface area contributed by atoms with Crippen molar-refractivity contribution in [3.63, 3.8) is 0 Å². The van der Waals surface area contributed by atoms with Crippen LogP contribution in [-0.2, 0) is 9.47 Å². The van der Waals surface area contributed by atoms with Crippen LogP contribution in [0.4, 0.5) is 0 Å². The first-order valence-corrected chi connectivity index (χ1v) is 5.16. The minimum atomic E-state index is -0.428. The molecule has 1 unspecified atom stereocenters. The van der Waals surface area contributed by atoms with E-state index in [1.54, 1.807) is 0 Å². The third-order valence-electron chi connectivity index (χ3n) is 2.99. The highest BCUT2D eigenvalue weighted by atomic mass is 16.7. The maximum atomic E-state index is 9.24. The number of aliphatic hydroxyl groups excluding tert-OH is 1. The van der Waals surface area contributed by atoms with E-state index < -0.39 is 6.10 Å². The number of rotatable bonds is 0. The lowest BCUT2D eigenvalue weighted by Gasteiger charge is -2.43. The van der Waals surface area contributed by atoms with E-state index in [4.69, 9.17) is 9.47 Å². The second-order valence-corrected chi connectivity index (χ2v) is 4.39. The molecule has 1 heterocycles. The van der Waals surface area contributed by atoms with Crippen molar-refractivity contribution in [3.8, 4) is 0 Å². The summed E-state index contributed by atoms with van der Waals surface area (Å²) in [6, 6.07) is 0. The molecule has 13 heavy (non-hydrogen) atoms. The Morgan fingerprint density at radius 2 is 2.00 bits per heavy atom. The SMILES string of the molecule is CC1CCCC2(C1)OCC(O)CO2. The predicted octanol–water partition coefficient (Wildman–Crippen LogP) is 1.30. The standard InChI is InChI=1S/C10H18O3/c1-8-3-2-4-10(5-8)12-6-9(11)7-13-10/h8-9,11H,2-7H2,1H3. The Morgan fingerprint density at radius 1 is 1.31 bits per heavy atom. The highest BCUT2D eigenvalue weighted by Crippen LogP contribution is 2.37. The van der Waals surface area contributed by atoms with Crippen molar-refractivity contribution in [2.75, 3.05) is 13.2 Å². The summed E-state index contributed by atoms with van der Waals surface area (Å²) in [4.78, 5) is 0. The van der Waals surface area contributed by atoms with Crippen molar-refractivity contribution in [3.05, 3.63) is 0 Å². The molecule has 2 rings (SSSR count). The molecule has 0 aromatic heterocycles. The molecule has 0 aromatic carbocycles. The van der Waals surface area contributed by atoms with Crippen molar-refractivity contribution in [1.82, 2.24) is 0 Å². The summed E-state index contributed by atoms with van der Waals surface area (Å²) in [5.74, 6) is 0.334. The fourth-order valence-electron chi connectivity index (χ4n) is 2.30. The van der Waals surface area contributed by atoms with Crippen LogP contribution in [0.1, 0.15) is 32.6 Å². The molecule has 1 atom stereocenters. The van der Waals surface area contributed by atoms with E-state index >= 15 is 0 Å². The zero-order valence-electron chi connectivity index (χ0n) is 8.16. The lowest BCUT2D eigenvalue weighted by molar-refractivity contribution is -0.308. The Balaban J connectivity index is 1.95. The van der Waals surface area contributed by atoms with E-state index in [0.29, 0.717) is 19.1 Å². The van der Waals surface area contributed by atoms with Gasteiger partial charge >= 0.3 is 0 Å². The molecule has 0 bridgehead atoms.